The van der Waals surface area contributed by atoms with Crippen molar-refractivity contribution in [3.63, 3.8) is 0 Å². The van der Waals surface area contributed by atoms with Crippen molar-refractivity contribution in [1.29, 1.82) is 0 Å². The highest BCUT2D eigenvalue weighted by molar-refractivity contribution is 5.89. The molecule has 0 bridgehead atoms. The summed E-state index contributed by atoms with van der Waals surface area (Å²) in [6, 6.07) is 10.3. The highest BCUT2D eigenvalue weighted by Gasteiger charge is 2.45. The number of hydrogen-bond donors (Lipinski definition) is 1. The molecule has 5 nitrogen and oxygen atoms in total. The smallest absolute Gasteiger partial charge is 0.323 e. The van der Waals surface area contributed by atoms with Gasteiger partial charge in [-0.25, -0.2) is 9.48 Å². The van der Waals surface area contributed by atoms with Crippen molar-refractivity contribution >= 4 is 11.8 Å². The number of amides is 2. The molecule has 0 aliphatic heterocycles. The fraction of sp³-hybridized carbons (Fsp3) is 0.474. The van der Waals surface area contributed by atoms with E-state index in [-0.39, 0.29) is 6.03 Å². The van der Waals surface area contributed by atoms with E-state index in [1.165, 1.54) is 25.7 Å². The number of carbonyl (C=O) groups is 1. The fourth-order valence-electron chi connectivity index (χ4n) is 3.51. The Kier molecular flexibility index (Phi) is 3.79. The van der Waals surface area contributed by atoms with Crippen molar-refractivity contribution < 1.29 is 4.79 Å². The molecule has 1 heterocycles. The van der Waals surface area contributed by atoms with E-state index in [0.29, 0.717) is 23.7 Å². The second-order valence-corrected chi connectivity index (χ2v) is 7.15. The molecule has 0 spiro atoms. The second-order valence-electron chi connectivity index (χ2n) is 7.15. The third-order valence-electron chi connectivity index (χ3n) is 5.12. The average Bonchev–Trinajstić information content (AvgIpc) is 3.50. The van der Waals surface area contributed by atoms with Gasteiger partial charge in [0, 0.05) is 24.8 Å². The number of urea groups is 1. The summed E-state index contributed by atoms with van der Waals surface area (Å²) in [7, 11) is 1.93. The molecule has 0 radical (unpaired) electrons. The maximum absolute atomic E-state index is 12.7. The van der Waals surface area contributed by atoms with Crippen LogP contribution in [0.2, 0.25) is 0 Å². The Bertz CT molecular complexity index is 719. The third-order valence-corrected chi connectivity index (χ3v) is 5.12. The topological polar surface area (TPSA) is 50.2 Å². The van der Waals surface area contributed by atoms with Gasteiger partial charge in [-0.1, -0.05) is 18.2 Å². The van der Waals surface area contributed by atoms with Crippen molar-refractivity contribution in [3.8, 4) is 5.69 Å². The number of benzene rings is 1. The Labute approximate surface area is 142 Å². The Morgan fingerprint density at radius 1 is 1.21 bits per heavy atom. The van der Waals surface area contributed by atoms with Gasteiger partial charge in [-0.05, 0) is 56.6 Å². The van der Waals surface area contributed by atoms with Crippen LogP contribution in [0.3, 0.4) is 0 Å². The Morgan fingerprint density at radius 3 is 2.42 bits per heavy atom. The molecule has 2 saturated carbocycles. The maximum Gasteiger partial charge on any atom is 0.323 e. The van der Waals surface area contributed by atoms with Crippen LogP contribution in [0, 0.1) is 18.8 Å². The molecule has 2 aromatic rings. The van der Waals surface area contributed by atoms with Gasteiger partial charge in [-0.15, -0.1) is 5.10 Å². The number of carbonyl (C=O) groups excluding carboxylic acids is 1. The molecule has 2 amide bonds. The lowest BCUT2D eigenvalue weighted by atomic mass is 10.1. The van der Waals surface area contributed by atoms with Gasteiger partial charge < -0.3 is 4.90 Å². The van der Waals surface area contributed by atoms with Gasteiger partial charge in [-0.3, -0.25) is 5.32 Å². The largest absolute Gasteiger partial charge is 0.324 e. The number of aryl methyl sites for hydroxylation is 1. The predicted molar refractivity (Wildman–Crippen MR) is 94.3 cm³/mol. The van der Waals surface area contributed by atoms with Crippen LogP contribution < -0.4 is 5.32 Å². The standard InChI is InChI=1S/C19H24N4O/c1-13-12-23(16-6-4-3-5-7-16)21-18(13)20-19(24)22(2)17(14-8-9-14)15-10-11-15/h3-7,12,14-15,17H,8-11H2,1-2H3,(H,20,21,24). The van der Waals surface area contributed by atoms with Crippen LogP contribution in [-0.2, 0) is 0 Å². The van der Waals surface area contributed by atoms with Crippen molar-refractivity contribution in [2.24, 2.45) is 11.8 Å². The minimum Gasteiger partial charge on any atom is -0.324 e. The molecule has 5 heteroatoms. The van der Waals surface area contributed by atoms with Crippen LogP contribution in [0.1, 0.15) is 31.2 Å². The van der Waals surface area contributed by atoms with E-state index in [1.54, 1.807) is 0 Å². The molecule has 126 valence electrons. The molecule has 0 unspecified atom stereocenters. The Balaban J connectivity index is 1.48. The van der Waals surface area contributed by atoms with Crippen LogP contribution in [0.15, 0.2) is 36.5 Å². The number of hydrogen-bond acceptors (Lipinski definition) is 2. The zero-order valence-electron chi connectivity index (χ0n) is 14.3. The molecular formula is C19H24N4O. The zero-order chi connectivity index (χ0) is 16.7. The number of nitrogens with zero attached hydrogens (tertiary/aromatic N) is 3. The summed E-state index contributed by atoms with van der Waals surface area (Å²) in [5.41, 5.74) is 1.96. The lowest BCUT2D eigenvalue weighted by Gasteiger charge is -2.28. The number of anilines is 1. The first-order chi connectivity index (χ1) is 11.6. The second kappa shape index (κ2) is 5.96. The predicted octanol–water partition coefficient (Wildman–Crippen LogP) is 3.83. The average molecular weight is 324 g/mol. The van der Waals surface area contributed by atoms with Crippen LogP contribution >= 0.6 is 0 Å². The van der Waals surface area contributed by atoms with E-state index in [0.717, 1.165) is 11.3 Å². The van der Waals surface area contributed by atoms with Gasteiger partial charge in [-0.2, -0.15) is 0 Å². The van der Waals surface area contributed by atoms with E-state index in [4.69, 9.17) is 0 Å². The quantitative estimate of drug-likeness (QED) is 0.908. The number of nitrogens with one attached hydrogen (secondary N) is 1. The SMILES string of the molecule is Cc1cn(-c2ccccc2)nc1NC(=O)N(C)C(C1CC1)C1CC1. The molecule has 4 rings (SSSR count). The summed E-state index contributed by atoms with van der Waals surface area (Å²) >= 11 is 0. The summed E-state index contributed by atoms with van der Waals surface area (Å²) < 4.78 is 1.81. The molecule has 1 aromatic carbocycles. The molecule has 1 aromatic heterocycles. The molecule has 0 atom stereocenters. The van der Waals surface area contributed by atoms with Crippen molar-refractivity contribution in [2.75, 3.05) is 12.4 Å². The van der Waals surface area contributed by atoms with Crippen molar-refractivity contribution in [2.45, 2.75) is 38.6 Å². The molecule has 2 aliphatic carbocycles. The Morgan fingerprint density at radius 2 is 1.83 bits per heavy atom. The summed E-state index contributed by atoms with van der Waals surface area (Å²) in [6.07, 6.45) is 7.01. The third kappa shape index (κ3) is 3.03. The van der Waals surface area contributed by atoms with Crippen molar-refractivity contribution in [3.05, 3.63) is 42.1 Å². The Hall–Kier alpha value is -2.30. The zero-order valence-corrected chi connectivity index (χ0v) is 14.3. The molecular weight excluding hydrogens is 300 g/mol. The minimum absolute atomic E-state index is 0.0415. The van der Waals surface area contributed by atoms with Crippen LogP contribution in [0.25, 0.3) is 5.69 Å². The number of rotatable bonds is 5. The lowest BCUT2D eigenvalue weighted by molar-refractivity contribution is 0.187. The first-order valence-corrected chi connectivity index (χ1v) is 8.79. The minimum atomic E-state index is -0.0415. The van der Waals surface area contributed by atoms with Gasteiger partial charge in [0.1, 0.15) is 0 Å². The fourth-order valence-corrected chi connectivity index (χ4v) is 3.51. The summed E-state index contributed by atoms with van der Waals surface area (Å²) in [6.45, 7) is 1.97. The van der Waals surface area contributed by atoms with Crippen LogP contribution in [0.4, 0.5) is 10.6 Å². The summed E-state index contributed by atoms with van der Waals surface area (Å²) in [5.74, 6) is 2.05. The maximum atomic E-state index is 12.7. The van der Waals surface area contributed by atoms with Gasteiger partial charge in [0.25, 0.3) is 0 Å². The highest BCUT2D eigenvalue weighted by Crippen LogP contribution is 2.46. The first kappa shape index (κ1) is 15.2. The molecule has 24 heavy (non-hydrogen) atoms. The normalized spacial score (nSPS) is 17.1. The highest BCUT2D eigenvalue weighted by atomic mass is 16.2. The van der Waals surface area contributed by atoms with Gasteiger partial charge in [0.2, 0.25) is 0 Å². The number of para-hydroxylation sites is 1. The van der Waals surface area contributed by atoms with Crippen LogP contribution in [0.5, 0.6) is 0 Å². The van der Waals surface area contributed by atoms with Crippen LogP contribution in [-0.4, -0.2) is 33.8 Å². The monoisotopic (exact) mass is 324 g/mol. The van der Waals surface area contributed by atoms with Gasteiger partial charge in [0.05, 0.1) is 5.69 Å². The van der Waals surface area contributed by atoms with E-state index in [1.807, 2.05) is 60.1 Å². The summed E-state index contributed by atoms with van der Waals surface area (Å²) in [4.78, 5) is 14.6. The van der Waals surface area contributed by atoms with E-state index in [9.17, 15) is 4.79 Å². The molecule has 2 aliphatic rings. The van der Waals surface area contributed by atoms with E-state index < -0.39 is 0 Å². The molecule has 2 fully saturated rings. The molecule has 0 saturated heterocycles. The lowest BCUT2D eigenvalue weighted by Crippen LogP contribution is -2.42. The molecule has 1 N–H and O–H groups in total. The van der Waals surface area contributed by atoms with E-state index >= 15 is 0 Å². The summed E-state index contributed by atoms with van der Waals surface area (Å²) in [5, 5.41) is 7.54. The van der Waals surface area contributed by atoms with Crippen molar-refractivity contribution in [1.82, 2.24) is 14.7 Å². The van der Waals surface area contributed by atoms with E-state index in [2.05, 4.69) is 10.4 Å². The van der Waals surface area contributed by atoms with Gasteiger partial charge >= 0.3 is 6.03 Å². The number of aromatic nitrogens is 2. The van der Waals surface area contributed by atoms with Gasteiger partial charge in [0.15, 0.2) is 5.82 Å². The first-order valence-electron chi connectivity index (χ1n) is 8.79.